The van der Waals surface area contributed by atoms with Crippen LogP contribution in [0.5, 0.6) is 0 Å². The Morgan fingerprint density at radius 2 is 2.00 bits per heavy atom. The normalized spacial score (nSPS) is 10.2. The van der Waals surface area contributed by atoms with Crippen molar-refractivity contribution in [3.8, 4) is 0 Å². The van der Waals surface area contributed by atoms with Gasteiger partial charge in [0, 0.05) is 10.6 Å². The van der Waals surface area contributed by atoms with Crippen molar-refractivity contribution < 1.29 is 9.18 Å². The lowest BCUT2D eigenvalue weighted by Crippen LogP contribution is -2.18. The molecule has 21 heavy (non-hydrogen) atoms. The van der Waals surface area contributed by atoms with Crippen molar-refractivity contribution in [1.82, 2.24) is 0 Å². The molecule has 0 saturated carbocycles. The molecule has 0 aliphatic rings. The number of carbonyl (C=O) groups is 1. The van der Waals surface area contributed by atoms with Gasteiger partial charge in [0.15, 0.2) is 0 Å². The van der Waals surface area contributed by atoms with E-state index < -0.39 is 11.7 Å². The third kappa shape index (κ3) is 3.37. The van der Waals surface area contributed by atoms with Crippen LogP contribution in [0.2, 0.25) is 5.02 Å². The molecule has 1 amide bonds. The van der Waals surface area contributed by atoms with E-state index in [2.05, 4.69) is 5.32 Å². The van der Waals surface area contributed by atoms with Gasteiger partial charge in [0.1, 0.15) is 10.8 Å². The summed E-state index contributed by atoms with van der Waals surface area (Å²) in [6, 6.07) is 9.34. The molecule has 2 aromatic carbocycles. The zero-order valence-corrected chi connectivity index (χ0v) is 12.7. The maximum Gasteiger partial charge on any atom is 0.258 e. The molecule has 0 heterocycles. The molecule has 3 nitrogen and oxygen atoms in total. The molecule has 2 aromatic rings. The van der Waals surface area contributed by atoms with Gasteiger partial charge in [-0.3, -0.25) is 4.79 Å². The maximum atomic E-state index is 14.0. The van der Waals surface area contributed by atoms with Crippen LogP contribution in [-0.2, 0) is 0 Å². The van der Waals surface area contributed by atoms with Gasteiger partial charge in [-0.25, -0.2) is 4.39 Å². The van der Waals surface area contributed by atoms with Gasteiger partial charge < -0.3 is 11.1 Å². The van der Waals surface area contributed by atoms with Crippen molar-refractivity contribution in [2.75, 3.05) is 5.32 Å². The number of thiocarbonyl (C=S) groups is 1. The molecule has 0 spiro atoms. The Hall–Kier alpha value is -1.98. The van der Waals surface area contributed by atoms with E-state index in [-0.39, 0.29) is 10.6 Å². The molecule has 0 radical (unpaired) electrons. The fraction of sp³-hybridized carbons (Fsp3) is 0.0667. The monoisotopic (exact) mass is 322 g/mol. The number of benzene rings is 2. The van der Waals surface area contributed by atoms with Crippen LogP contribution in [0.25, 0.3) is 0 Å². The van der Waals surface area contributed by atoms with Gasteiger partial charge in [0.05, 0.1) is 11.3 Å². The lowest BCUT2D eigenvalue weighted by Gasteiger charge is -2.11. The smallest absolute Gasteiger partial charge is 0.258 e. The first-order valence-electron chi connectivity index (χ1n) is 6.06. The molecule has 0 fully saturated rings. The fourth-order valence-electron chi connectivity index (χ4n) is 1.85. The summed E-state index contributed by atoms with van der Waals surface area (Å²) in [5.74, 6) is -1.15. The molecule has 0 aliphatic carbocycles. The van der Waals surface area contributed by atoms with E-state index in [4.69, 9.17) is 29.6 Å². The van der Waals surface area contributed by atoms with Gasteiger partial charge in [-0.1, -0.05) is 36.0 Å². The van der Waals surface area contributed by atoms with Crippen molar-refractivity contribution in [3.05, 3.63) is 63.9 Å². The van der Waals surface area contributed by atoms with Crippen molar-refractivity contribution in [3.63, 3.8) is 0 Å². The fourth-order valence-corrected chi connectivity index (χ4v) is 2.20. The Labute approximate surface area is 131 Å². The minimum absolute atomic E-state index is 0.0520. The number of halogens is 2. The number of nitrogens with two attached hydrogens (primary N) is 1. The van der Waals surface area contributed by atoms with Gasteiger partial charge in [0.2, 0.25) is 0 Å². The summed E-state index contributed by atoms with van der Waals surface area (Å²) in [4.78, 5) is 12.3. The summed E-state index contributed by atoms with van der Waals surface area (Å²) < 4.78 is 14.0. The second-order valence-electron chi connectivity index (χ2n) is 4.44. The van der Waals surface area contributed by atoms with E-state index in [1.54, 1.807) is 31.2 Å². The van der Waals surface area contributed by atoms with Crippen LogP contribution in [0.15, 0.2) is 36.4 Å². The standard InChI is InChI=1S/C15H12ClFN2OS/c1-8-3-2-4-11(13(8)17)15(20)19-12-7-9(16)5-6-10(12)14(18)21/h2-7H,1H3,(H2,18,21)(H,19,20). The number of hydrogen-bond donors (Lipinski definition) is 2. The summed E-state index contributed by atoms with van der Waals surface area (Å²) in [7, 11) is 0. The van der Waals surface area contributed by atoms with Gasteiger partial charge in [-0.15, -0.1) is 0 Å². The average Bonchev–Trinajstić information content (AvgIpc) is 2.41. The number of anilines is 1. The predicted molar refractivity (Wildman–Crippen MR) is 86.4 cm³/mol. The minimum atomic E-state index is -0.587. The Bertz CT molecular complexity index is 734. The Balaban J connectivity index is 2.38. The third-order valence-electron chi connectivity index (χ3n) is 2.93. The summed E-state index contributed by atoms with van der Waals surface area (Å²) >= 11 is 10.8. The molecule has 3 N–H and O–H groups in total. The van der Waals surface area contributed by atoms with Crippen molar-refractivity contribution in [2.45, 2.75) is 6.92 Å². The van der Waals surface area contributed by atoms with Crippen molar-refractivity contribution >= 4 is 40.4 Å². The molecular weight excluding hydrogens is 311 g/mol. The minimum Gasteiger partial charge on any atom is -0.389 e. The van der Waals surface area contributed by atoms with E-state index >= 15 is 0 Å². The number of carbonyl (C=O) groups excluding carboxylic acids is 1. The summed E-state index contributed by atoms with van der Waals surface area (Å²) in [6.07, 6.45) is 0. The second kappa shape index (κ2) is 6.20. The molecule has 2 rings (SSSR count). The van der Waals surface area contributed by atoms with Crippen LogP contribution in [0.3, 0.4) is 0 Å². The summed E-state index contributed by atoms with van der Waals surface area (Å²) in [6.45, 7) is 1.59. The molecule has 6 heteroatoms. The maximum absolute atomic E-state index is 14.0. The van der Waals surface area contributed by atoms with Crippen molar-refractivity contribution in [1.29, 1.82) is 0 Å². The van der Waals surface area contributed by atoms with Gasteiger partial charge in [0.25, 0.3) is 5.91 Å². The molecule has 0 bridgehead atoms. The molecule has 0 saturated heterocycles. The largest absolute Gasteiger partial charge is 0.389 e. The van der Waals surface area contributed by atoms with Crippen molar-refractivity contribution in [2.24, 2.45) is 5.73 Å². The first-order chi connectivity index (χ1) is 9.90. The first kappa shape index (κ1) is 15.4. The number of amides is 1. The van der Waals surface area contributed by atoms with E-state index in [1.807, 2.05) is 0 Å². The highest BCUT2D eigenvalue weighted by Crippen LogP contribution is 2.22. The molecule has 0 aliphatic heterocycles. The lowest BCUT2D eigenvalue weighted by molar-refractivity contribution is 0.102. The lowest BCUT2D eigenvalue weighted by atomic mass is 10.1. The van der Waals surface area contributed by atoms with Crippen LogP contribution >= 0.6 is 23.8 Å². The number of aryl methyl sites for hydroxylation is 1. The number of nitrogens with one attached hydrogen (secondary N) is 1. The van der Waals surface area contributed by atoms with E-state index in [0.717, 1.165) is 0 Å². The highest BCUT2D eigenvalue weighted by molar-refractivity contribution is 7.80. The predicted octanol–water partition coefficient (Wildman–Crippen LogP) is 3.67. The summed E-state index contributed by atoms with van der Waals surface area (Å²) in [5, 5.41) is 3.00. The highest BCUT2D eigenvalue weighted by Gasteiger charge is 2.15. The SMILES string of the molecule is Cc1cccc(C(=O)Nc2cc(Cl)ccc2C(N)=S)c1F. The Kier molecular flexibility index (Phi) is 4.55. The first-order valence-corrected chi connectivity index (χ1v) is 6.84. The summed E-state index contributed by atoms with van der Waals surface area (Å²) in [5.41, 5.74) is 6.75. The van der Waals surface area contributed by atoms with E-state index in [0.29, 0.717) is 21.8 Å². The molecular formula is C15H12ClFN2OS. The van der Waals surface area contributed by atoms with Crippen LogP contribution in [0.1, 0.15) is 21.5 Å². The highest BCUT2D eigenvalue weighted by atomic mass is 35.5. The van der Waals surface area contributed by atoms with E-state index in [9.17, 15) is 9.18 Å². The quantitative estimate of drug-likeness (QED) is 0.848. The Morgan fingerprint density at radius 3 is 2.67 bits per heavy atom. The van der Waals surface area contributed by atoms with Gasteiger partial charge in [-0.05, 0) is 36.8 Å². The number of rotatable bonds is 3. The molecule has 0 aromatic heterocycles. The average molecular weight is 323 g/mol. The van der Waals surface area contributed by atoms with Crippen LogP contribution in [0, 0.1) is 12.7 Å². The van der Waals surface area contributed by atoms with Crippen LogP contribution in [0.4, 0.5) is 10.1 Å². The van der Waals surface area contributed by atoms with Crippen LogP contribution in [-0.4, -0.2) is 10.9 Å². The second-order valence-corrected chi connectivity index (χ2v) is 5.32. The van der Waals surface area contributed by atoms with E-state index in [1.165, 1.54) is 12.1 Å². The molecule has 0 unspecified atom stereocenters. The molecule has 108 valence electrons. The van der Waals surface area contributed by atoms with Gasteiger partial charge >= 0.3 is 0 Å². The topological polar surface area (TPSA) is 55.1 Å². The molecule has 0 atom stereocenters. The third-order valence-corrected chi connectivity index (χ3v) is 3.39. The van der Waals surface area contributed by atoms with Gasteiger partial charge in [-0.2, -0.15) is 0 Å². The van der Waals surface area contributed by atoms with Crippen LogP contribution < -0.4 is 11.1 Å². The Morgan fingerprint density at radius 1 is 1.29 bits per heavy atom. The zero-order valence-electron chi connectivity index (χ0n) is 11.1. The zero-order chi connectivity index (χ0) is 15.6. The number of hydrogen-bond acceptors (Lipinski definition) is 2.